The average molecular weight is 465 g/mol. The highest BCUT2D eigenvalue weighted by Crippen LogP contribution is 2.31. The second-order valence-corrected chi connectivity index (χ2v) is 7.49. The van der Waals surface area contributed by atoms with Gasteiger partial charge in [0.15, 0.2) is 0 Å². The number of aromatic carboxylic acids is 1. The lowest BCUT2D eigenvalue weighted by Crippen LogP contribution is -2.25. The van der Waals surface area contributed by atoms with Crippen molar-refractivity contribution in [1.29, 1.82) is 0 Å². The minimum atomic E-state index is -1.36. The van der Waals surface area contributed by atoms with E-state index in [1.807, 2.05) is 6.92 Å². The van der Waals surface area contributed by atoms with Crippen molar-refractivity contribution in [2.75, 3.05) is 0 Å². The van der Waals surface area contributed by atoms with Crippen molar-refractivity contribution in [3.63, 3.8) is 0 Å². The van der Waals surface area contributed by atoms with Crippen LogP contribution in [0.4, 0.5) is 4.39 Å². The SMILES string of the molecule is CCn1c(C)c(-c2ccc(Cl)cc2)c(=O)c(C(=O)O)c1-c1ccc(Br)c(F)c1. The summed E-state index contributed by atoms with van der Waals surface area (Å²) in [4.78, 5) is 25.2. The first-order valence-electron chi connectivity index (χ1n) is 8.48. The number of rotatable bonds is 4. The molecule has 4 nitrogen and oxygen atoms in total. The van der Waals surface area contributed by atoms with E-state index in [2.05, 4.69) is 15.9 Å². The van der Waals surface area contributed by atoms with Crippen LogP contribution in [0.3, 0.4) is 0 Å². The summed E-state index contributed by atoms with van der Waals surface area (Å²) in [5, 5.41) is 10.3. The van der Waals surface area contributed by atoms with Gasteiger partial charge in [-0.3, -0.25) is 4.79 Å². The first kappa shape index (κ1) is 20.3. The summed E-state index contributed by atoms with van der Waals surface area (Å²) in [7, 11) is 0. The zero-order valence-electron chi connectivity index (χ0n) is 15.1. The van der Waals surface area contributed by atoms with Crippen LogP contribution in [-0.4, -0.2) is 15.6 Å². The Hall–Kier alpha value is -2.44. The topological polar surface area (TPSA) is 59.3 Å². The average Bonchev–Trinajstić information content (AvgIpc) is 2.64. The molecule has 0 aliphatic rings. The highest BCUT2D eigenvalue weighted by molar-refractivity contribution is 9.10. The molecule has 7 heteroatoms. The number of halogens is 3. The maximum absolute atomic E-state index is 14.1. The molecule has 28 heavy (non-hydrogen) atoms. The zero-order chi connectivity index (χ0) is 20.6. The van der Waals surface area contributed by atoms with E-state index in [0.717, 1.165) is 0 Å². The lowest BCUT2D eigenvalue weighted by molar-refractivity contribution is 0.0695. The van der Waals surface area contributed by atoms with Crippen LogP contribution in [0.5, 0.6) is 0 Å². The van der Waals surface area contributed by atoms with Gasteiger partial charge in [0, 0.05) is 28.4 Å². The molecule has 0 aliphatic carbocycles. The Kier molecular flexibility index (Phi) is 5.72. The molecule has 1 aromatic heterocycles. The number of carbonyl (C=O) groups is 1. The molecule has 0 fully saturated rings. The summed E-state index contributed by atoms with van der Waals surface area (Å²) in [6, 6.07) is 10.9. The van der Waals surface area contributed by atoms with E-state index in [-0.39, 0.29) is 21.3 Å². The molecule has 0 radical (unpaired) electrons. The molecule has 0 saturated carbocycles. The highest BCUT2D eigenvalue weighted by atomic mass is 79.9. The van der Waals surface area contributed by atoms with Gasteiger partial charge in [0.2, 0.25) is 5.43 Å². The van der Waals surface area contributed by atoms with Crippen molar-refractivity contribution in [2.24, 2.45) is 0 Å². The van der Waals surface area contributed by atoms with Crippen LogP contribution < -0.4 is 5.43 Å². The van der Waals surface area contributed by atoms with Gasteiger partial charge in [-0.2, -0.15) is 0 Å². The maximum atomic E-state index is 14.1. The summed E-state index contributed by atoms with van der Waals surface area (Å²) in [5.74, 6) is -1.90. The standard InChI is InChI=1S/C21H16BrClFNO3/c1-3-25-11(2)17(12-4-7-14(23)8-5-12)20(26)18(21(27)28)19(25)13-6-9-15(22)16(24)10-13/h4-10H,3H2,1-2H3,(H,27,28). The van der Waals surface area contributed by atoms with Gasteiger partial charge in [-0.05, 0) is 59.6 Å². The van der Waals surface area contributed by atoms with E-state index in [1.165, 1.54) is 12.1 Å². The van der Waals surface area contributed by atoms with E-state index in [4.69, 9.17) is 11.6 Å². The van der Waals surface area contributed by atoms with E-state index < -0.39 is 17.2 Å². The maximum Gasteiger partial charge on any atom is 0.341 e. The summed E-state index contributed by atoms with van der Waals surface area (Å²) < 4.78 is 16.1. The molecule has 1 N–H and O–H groups in total. The lowest BCUT2D eigenvalue weighted by atomic mass is 9.96. The van der Waals surface area contributed by atoms with Crippen LogP contribution in [-0.2, 0) is 6.54 Å². The second kappa shape index (κ2) is 7.89. The van der Waals surface area contributed by atoms with Crippen molar-refractivity contribution < 1.29 is 14.3 Å². The predicted molar refractivity (Wildman–Crippen MR) is 112 cm³/mol. The molecule has 0 bridgehead atoms. The molecule has 2 aromatic carbocycles. The minimum Gasteiger partial charge on any atom is -0.477 e. The Balaban J connectivity index is 2.44. The number of carboxylic acids is 1. The smallest absolute Gasteiger partial charge is 0.341 e. The van der Waals surface area contributed by atoms with Gasteiger partial charge in [0.25, 0.3) is 0 Å². The molecule has 0 aliphatic heterocycles. The van der Waals surface area contributed by atoms with Gasteiger partial charge in [0.1, 0.15) is 11.4 Å². The Bertz CT molecular complexity index is 1140. The second-order valence-electron chi connectivity index (χ2n) is 6.20. The number of hydrogen-bond acceptors (Lipinski definition) is 2. The van der Waals surface area contributed by atoms with Crippen molar-refractivity contribution in [3.8, 4) is 22.4 Å². The van der Waals surface area contributed by atoms with Crippen LogP contribution in [0, 0.1) is 12.7 Å². The van der Waals surface area contributed by atoms with Crippen molar-refractivity contribution >= 4 is 33.5 Å². The Morgan fingerprint density at radius 1 is 1.18 bits per heavy atom. The number of hydrogen-bond donors (Lipinski definition) is 1. The van der Waals surface area contributed by atoms with Crippen LogP contribution in [0.15, 0.2) is 51.7 Å². The Morgan fingerprint density at radius 3 is 2.32 bits per heavy atom. The number of aromatic nitrogens is 1. The Labute approximate surface area is 174 Å². The van der Waals surface area contributed by atoms with Gasteiger partial charge in [-0.1, -0.05) is 29.8 Å². The van der Waals surface area contributed by atoms with Crippen molar-refractivity contribution in [1.82, 2.24) is 4.57 Å². The van der Waals surface area contributed by atoms with Gasteiger partial charge >= 0.3 is 5.97 Å². The largest absolute Gasteiger partial charge is 0.477 e. The van der Waals surface area contributed by atoms with Crippen molar-refractivity contribution in [3.05, 3.63) is 79.3 Å². The highest BCUT2D eigenvalue weighted by Gasteiger charge is 2.25. The van der Waals surface area contributed by atoms with Gasteiger partial charge < -0.3 is 9.67 Å². The Morgan fingerprint density at radius 2 is 1.79 bits per heavy atom. The number of nitrogens with zero attached hydrogens (tertiary/aromatic N) is 1. The molecular formula is C21H16BrClFNO3. The van der Waals surface area contributed by atoms with Crippen LogP contribution >= 0.6 is 27.5 Å². The number of carboxylic acid groups (broad SMARTS) is 1. The fourth-order valence-electron chi connectivity index (χ4n) is 3.33. The third-order valence-electron chi connectivity index (χ3n) is 4.58. The summed E-state index contributed by atoms with van der Waals surface area (Å²) in [5.41, 5.74) is 0.958. The number of pyridine rings is 1. The van der Waals surface area contributed by atoms with Crippen LogP contribution in [0.1, 0.15) is 23.0 Å². The summed E-state index contributed by atoms with van der Waals surface area (Å²) in [6.45, 7) is 3.99. The molecule has 0 amide bonds. The molecule has 0 saturated heterocycles. The third kappa shape index (κ3) is 3.50. The first-order valence-corrected chi connectivity index (χ1v) is 9.65. The molecule has 3 aromatic rings. The fraction of sp³-hybridized carbons (Fsp3) is 0.143. The first-order chi connectivity index (χ1) is 13.3. The van der Waals surface area contributed by atoms with Crippen molar-refractivity contribution in [2.45, 2.75) is 20.4 Å². The monoisotopic (exact) mass is 463 g/mol. The van der Waals surface area contributed by atoms with E-state index in [1.54, 1.807) is 41.8 Å². The third-order valence-corrected chi connectivity index (χ3v) is 5.48. The quantitative estimate of drug-likeness (QED) is 0.534. The lowest BCUT2D eigenvalue weighted by Gasteiger charge is -2.21. The summed E-state index contributed by atoms with van der Waals surface area (Å²) >= 11 is 9.03. The van der Waals surface area contributed by atoms with Crippen LogP contribution in [0.25, 0.3) is 22.4 Å². The van der Waals surface area contributed by atoms with Gasteiger partial charge in [-0.15, -0.1) is 0 Å². The van der Waals surface area contributed by atoms with E-state index >= 15 is 0 Å². The van der Waals surface area contributed by atoms with Gasteiger partial charge in [-0.25, -0.2) is 9.18 Å². The minimum absolute atomic E-state index is 0.182. The normalized spacial score (nSPS) is 10.9. The summed E-state index contributed by atoms with van der Waals surface area (Å²) in [6.07, 6.45) is 0. The number of benzene rings is 2. The van der Waals surface area contributed by atoms with E-state index in [9.17, 15) is 19.1 Å². The molecule has 144 valence electrons. The molecular weight excluding hydrogens is 449 g/mol. The molecule has 3 rings (SSSR count). The van der Waals surface area contributed by atoms with Crippen LogP contribution in [0.2, 0.25) is 5.02 Å². The van der Waals surface area contributed by atoms with E-state index in [0.29, 0.717) is 28.4 Å². The fourth-order valence-corrected chi connectivity index (χ4v) is 3.70. The molecule has 0 atom stereocenters. The van der Waals surface area contributed by atoms with Gasteiger partial charge in [0.05, 0.1) is 10.2 Å². The molecule has 1 heterocycles. The molecule has 0 spiro atoms. The predicted octanol–water partition coefficient (Wildman–Crippen LogP) is 5.76. The zero-order valence-corrected chi connectivity index (χ0v) is 17.4. The molecule has 0 unspecified atom stereocenters.